The van der Waals surface area contributed by atoms with Crippen molar-refractivity contribution in [3.63, 3.8) is 0 Å². The number of imidazole rings is 1. The molecule has 8 nitrogen and oxygen atoms in total. The summed E-state index contributed by atoms with van der Waals surface area (Å²) >= 11 is 6.13. The zero-order valence-electron chi connectivity index (χ0n) is 14.7. The van der Waals surface area contributed by atoms with Gasteiger partial charge in [0.05, 0.1) is 17.7 Å². The highest BCUT2D eigenvalue weighted by atomic mass is 35.5. The summed E-state index contributed by atoms with van der Waals surface area (Å²) in [6, 6.07) is 14.5. The van der Waals surface area contributed by atoms with Gasteiger partial charge in [-0.05, 0) is 23.8 Å². The second kappa shape index (κ2) is 7.06. The number of halogens is 1. The van der Waals surface area contributed by atoms with Gasteiger partial charge in [0.1, 0.15) is 11.5 Å². The molecule has 0 saturated carbocycles. The van der Waals surface area contributed by atoms with Crippen molar-refractivity contribution in [2.45, 2.75) is 12.1 Å². The van der Waals surface area contributed by atoms with Crippen LogP contribution in [0, 0.1) is 0 Å². The zero-order chi connectivity index (χ0) is 19.7. The molecule has 142 valence electrons. The van der Waals surface area contributed by atoms with Gasteiger partial charge in [0.25, 0.3) is 11.8 Å². The Kier molecular flexibility index (Phi) is 4.58. The molecule has 0 spiro atoms. The van der Waals surface area contributed by atoms with Gasteiger partial charge in [-0.15, -0.1) is 0 Å². The van der Waals surface area contributed by atoms with Crippen LogP contribution in [-0.2, 0) is 21.7 Å². The predicted molar refractivity (Wildman–Crippen MR) is 106 cm³/mol. The molecule has 1 unspecified atom stereocenters. The fourth-order valence-electron chi connectivity index (χ4n) is 3.23. The van der Waals surface area contributed by atoms with Crippen LogP contribution < -0.4 is 16.4 Å². The Hall–Kier alpha value is -3.23. The number of carbonyl (C=O) groups is 2. The SMILES string of the molecule is NC(=O)C1(c2nc3ccccc3[nH]2)NCN=C1C(=O)NCc1ccccc1Cl. The third kappa shape index (κ3) is 2.92. The number of aromatic nitrogens is 2. The second-order valence-corrected chi connectivity index (χ2v) is 6.74. The first-order valence-corrected chi connectivity index (χ1v) is 8.97. The molecule has 0 aliphatic carbocycles. The third-order valence-corrected chi connectivity index (χ3v) is 5.03. The summed E-state index contributed by atoms with van der Waals surface area (Å²) in [6.07, 6.45) is 0. The number of primary amides is 1. The topological polar surface area (TPSA) is 125 Å². The molecule has 4 rings (SSSR count). The van der Waals surface area contributed by atoms with Crippen LogP contribution in [-0.4, -0.2) is 34.2 Å². The van der Waals surface area contributed by atoms with Crippen molar-refractivity contribution < 1.29 is 9.59 Å². The molecule has 1 aliphatic heterocycles. The first-order valence-electron chi connectivity index (χ1n) is 8.59. The van der Waals surface area contributed by atoms with E-state index in [1.54, 1.807) is 24.3 Å². The van der Waals surface area contributed by atoms with Gasteiger partial charge < -0.3 is 16.0 Å². The van der Waals surface area contributed by atoms with Gasteiger partial charge in [-0.1, -0.05) is 41.9 Å². The Labute approximate surface area is 165 Å². The number of carbonyl (C=O) groups excluding carboxylic acids is 2. The van der Waals surface area contributed by atoms with Crippen molar-refractivity contribution in [3.8, 4) is 0 Å². The summed E-state index contributed by atoms with van der Waals surface area (Å²) in [4.78, 5) is 37.0. The Morgan fingerprint density at radius 1 is 1.18 bits per heavy atom. The zero-order valence-corrected chi connectivity index (χ0v) is 15.5. The van der Waals surface area contributed by atoms with Crippen LogP contribution in [0.5, 0.6) is 0 Å². The lowest BCUT2D eigenvalue weighted by Gasteiger charge is -2.25. The van der Waals surface area contributed by atoms with Crippen LogP contribution in [0.25, 0.3) is 11.0 Å². The third-order valence-electron chi connectivity index (χ3n) is 4.66. The first kappa shape index (κ1) is 18.1. The van der Waals surface area contributed by atoms with Crippen molar-refractivity contribution >= 4 is 40.2 Å². The van der Waals surface area contributed by atoms with E-state index in [4.69, 9.17) is 17.3 Å². The number of amides is 2. The van der Waals surface area contributed by atoms with Gasteiger partial charge in [0.15, 0.2) is 0 Å². The molecule has 0 fully saturated rings. The maximum Gasteiger partial charge on any atom is 0.268 e. The van der Waals surface area contributed by atoms with Crippen LogP contribution in [0.1, 0.15) is 11.4 Å². The van der Waals surface area contributed by atoms with Gasteiger partial charge >= 0.3 is 0 Å². The molecule has 9 heteroatoms. The van der Waals surface area contributed by atoms with Gasteiger partial charge in [0, 0.05) is 11.6 Å². The average molecular weight is 397 g/mol. The summed E-state index contributed by atoms with van der Waals surface area (Å²) < 4.78 is 0. The number of fused-ring (bicyclic) bond motifs is 1. The molecule has 0 bridgehead atoms. The molecule has 2 aromatic carbocycles. The van der Waals surface area contributed by atoms with Crippen molar-refractivity contribution in [2.24, 2.45) is 10.7 Å². The van der Waals surface area contributed by atoms with Gasteiger partial charge in [-0.25, -0.2) is 4.98 Å². The Bertz CT molecular complexity index is 1080. The molecular weight excluding hydrogens is 380 g/mol. The van der Waals surface area contributed by atoms with Crippen molar-refractivity contribution in [3.05, 3.63) is 64.9 Å². The van der Waals surface area contributed by atoms with Gasteiger partial charge in [0.2, 0.25) is 5.54 Å². The molecule has 1 atom stereocenters. The largest absolute Gasteiger partial charge is 0.367 e. The van der Waals surface area contributed by atoms with Crippen LogP contribution in [0.3, 0.4) is 0 Å². The highest BCUT2D eigenvalue weighted by Crippen LogP contribution is 2.27. The molecule has 1 aliphatic rings. The normalized spacial score (nSPS) is 18.8. The Morgan fingerprint density at radius 2 is 1.93 bits per heavy atom. The number of benzene rings is 2. The number of nitrogens with one attached hydrogen (secondary N) is 3. The van der Waals surface area contributed by atoms with Crippen molar-refractivity contribution in [2.75, 3.05) is 6.67 Å². The van der Waals surface area contributed by atoms with E-state index in [2.05, 4.69) is 25.6 Å². The smallest absolute Gasteiger partial charge is 0.268 e. The van der Waals surface area contributed by atoms with Crippen molar-refractivity contribution in [1.82, 2.24) is 20.6 Å². The number of hydrogen-bond donors (Lipinski definition) is 4. The number of nitrogens with two attached hydrogens (primary N) is 1. The first-order chi connectivity index (χ1) is 13.5. The maximum atomic E-state index is 12.9. The second-order valence-electron chi connectivity index (χ2n) is 6.33. The molecule has 2 heterocycles. The van der Waals surface area contributed by atoms with E-state index in [9.17, 15) is 9.59 Å². The summed E-state index contributed by atoms with van der Waals surface area (Å²) in [5.41, 5.74) is 6.16. The molecule has 2 amide bonds. The molecule has 1 aromatic heterocycles. The van der Waals surface area contributed by atoms with E-state index in [-0.39, 0.29) is 24.7 Å². The number of nitrogens with zero attached hydrogens (tertiary/aromatic N) is 2. The number of para-hydroxylation sites is 2. The van der Waals surface area contributed by atoms with E-state index < -0.39 is 17.4 Å². The lowest BCUT2D eigenvalue weighted by atomic mass is 9.91. The van der Waals surface area contributed by atoms with Crippen LogP contribution >= 0.6 is 11.6 Å². The minimum Gasteiger partial charge on any atom is -0.367 e. The summed E-state index contributed by atoms with van der Waals surface area (Å²) in [6.45, 7) is 0.251. The monoisotopic (exact) mass is 396 g/mol. The standard InChI is InChI=1S/C19H17ClN6O2/c20-12-6-2-1-5-11(12)9-22-16(27)15-19(17(21)28,24-10-23-15)18-25-13-7-3-4-8-14(13)26-18/h1-8,24H,9-10H2,(H2,21,28)(H,22,27)(H,25,26). The maximum absolute atomic E-state index is 12.9. The number of hydrogen-bond acceptors (Lipinski definition) is 5. The molecule has 0 saturated heterocycles. The summed E-state index contributed by atoms with van der Waals surface area (Å²) in [7, 11) is 0. The summed E-state index contributed by atoms with van der Waals surface area (Å²) in [5, 5.41) is 6.21. The van der Waals surface area contributed by atoms with Gasteiger partial charge in [-0.3, -0.25) is 19.9 Å². The fraction of sp³-hybridized carbons (Fsp3) is 0.158. The molecule has 28 heavy (non-hydrogen) atoms. The van der Waals surface area contributed by atoms with Crippen LogP contribution in [0.2, 0.25) is 5.02 Å². The number of aromatic amines is 1. The number of H-pyrrole nitrogens is 1. The van der Waals surface area contributed by atoms with E-state index in [1.807, 2.05) is 24.3 Å². The highest BCUT2D eigenvalue weighted by molar-refractivity contribution is 6.47. The summed E-state index contributed by atoms with van der Waals surface area (Å²) in [5.74, 6) is -1.06. The highest BCUT2D eigenvalue weighted by Gasteiger charge is 2.52. The predicted octanol–water partition coefficient (Wildman–Crippen LogP) is 1.22. The van der Waals surface area contributed by atoms with E-state index >= 15 is 0 Å². The molecule has 5 N–H and O–H groups in total. The molecular formula is C19H17ClN6O2. The van der Waals surface area contributed by atoms with E-state index in [1.165, 1.54) is 0 Å². The Morgan fingerprint density at radius 3 is 2.68 bits per heavy atom. The molecule has 0 radical (unpaired) electrons. The van der Waals surface area contributed by atoms with Crippen LogP contribution in [0.15, 0.2) is 53.5 Å². The lowest BCUT2D eigenvalue weighted by Crippen LogP contribution is -2.59. The fourth-order valence-corrected chi connectivity index (χ4v) is 3.43. The Balaban J connectivity index is 1.66. The van der Waals surface area contributed by atoms with E-state index in [0.29, 0.717) is 10.5 Å². The molecule has 3 aromatic rings. The average Bonchev–Trinajstić information content (AvgIpc) is 3.32. The van der Waals surface area contributed by atoms with Gasteiger partial charge in [-0.2, -0.15) is 0 Å². The van der Waals surface area contributed by atoms with E-state index in [0.717, 1.165) is 11.1 Å². The quantitative estimate of drug-likeness (QED) is 0.517. The minimum absolute atomic E-state index is 0.0360. The number of rotatable bonds is 5. The lowest BCUT2D eigenvalue weighted by molar-refractivity contribution is -0.123. The van der Waals surface area contributed by atoms with Crippen LogP contribution in [0.4, 0.5) is 0 Å². The minimum atomic E-state index is -1.64. The van der Waals surface area contributed by atoms with Crippen molar-refractivity contribution in [1.29, 1.82) is 0 Å². The number of aliphatic imine (C=N–C) groups is 1.